The zero-order valence-electron chi connectivity index (χ0n) is 8.51. The predicted octanol–water partition coefficient (Wildman–Crippen LogP) is 2.02. The average molecular weight is 214 g/mol. The SMILES string of the molecule is O=C1NCC(c2ccnc3ccccc23)O1. The number of benzene rings is 1. The first-order chi connectivity index (χ1) is 7.84. The highest BCUT2D eigenvalue weighted by Crippen LogP contribution is 2.27. The van der Waals surface area contributed by atoms with E-state index in [1.165, 1.54) is 0 Å². The molecule has 4 heteroatoms. The van der Waals surface area contributed by atoms with Crippen molar-refractivity contribution in [1.82, 2.24) is 10.3 Å². The molecule has 0 spiro atoms. The van der Waals surface area contributed by atoms with Crippen LogP contribution in [-0.4, -0.2) is 17.6 Å². The van der Waals surface area contributed by atoms with Crippen LogP contribution in [0, 0.1) is 0 Å². The van der Waals surface area contributed by atoms with Gasteiger partial charge in [-0.2, -0.15) is 0 Å². The van der Waals surface area contributed by atoms with E-state index < -0.39 is 0 Å². The van der Waals surface area contributed by atoms with E-state index in [4.69, 9.17) is 4.74 Å². The Balaban J connectivity index is 2.13. The lowest BCUT2D eigenvalue weighted by atomic mass is 10.0. The first-order valence-electron chi connectivity index (χ1n) is 5.13. The standard InChI is InChI=1S/C12H10N2O2/c15-12-14-7-11(16-12)9-5-6-13-10-4-2-1-3-8(9)10/h1-6,11H,7H2,(H,14,15). The highest BCUT2D eigenvalue weighted by molar-refractivity contribution is 5.83. The molecule has 0 bridgehead atoms. The van der Waals surface area contributed by atoms with Crippen molar-refractivity contribution in [3.63, 3.8) is 0 Å². The van der Waals surface area contributed by atoms with Crippen LogP contribution in [0.2, 0.25) is 0 Å². The smallest absolute Gasteiger partial charge is 0.407 e. The van der Waals surface area contributed by atoms with E-state index in [0.29, 0.717) is 6.54 Å². The lowest BCUT2D eigenvalue weighted by Gasteiger charge is -2.10. The monoisotopic (exact) mass is 214 g/mol. The maximum atomic E-state index is 11.0. The van der Waals surface area contributed by atoms with Gasteiger partial charge in [-0.1, -0.05) is 18.2 Å². The maximum absolute atomic E-state index is 11.0. The highest BCUT2D eigenvalue weighted by atomic mass is 16.6. The number of hydrogen-bond acceptors (Lipinski definition) is 3. The van der Waals surface area contributed by atoms with Gasteiger partial charge in [0.05, 0.1) is 12.1 Å². The van der Waals surface area contributed by atoms with Gasteiger partial charge >= 0.3 is 6.09 Å². The molecular weight excluding hydrogens is 204 g/mol. The Labute approximate surface area is 92.2 Å². The second-order valence-electron chi connectivity index (χ2n) is 3.69. The van der Waals surface area contributed by atoms with Crippen LogP contribution in [0.3, 0.4) is 0 Å². The minimum atomic E-state index is -0.356. The van der Waals surface area contributed by atoms with Gasteiger partial charge in [0, 0.05) is 17.1 Å². The van der Waals surface area contributed by atoms with Crippen LogP contribution in [0.1, 0.15) is 11.7 Å². The summed E-state index contributed by atoms with van der Waals surface area (Å²) >= 11 is 0. The van der Waals surface area contributed by atoms with Gasteiger partial charge in [0.1, 0.15) is 6.10 Å². The van der Waals surface area contributed by atoms with Crippen LogP contribution in [0.15, 0.2) is 36.5 Å². The van der Waals surface area contributed by atoms with Gasteiger partial charge in [0.25, 0.3) is 0 Å². The first-order valence-corrected chi connectivity index (χ1v) is 5.13. The Hall–Kier alpha value is -2.10. The molecule has 1 aliphatic rings. The Bertz CT molecular complexity index is 548. The number of amides is 1. The molecule has 0 radical (unpaired) electrons. The van der Waals surface area contributed by atoms with Crippen molar-refractivity contribution in [2.24, 2.45) is 0 Å². The number of nitrogens with one attached hydrogen (secondary N) is 1. The molecule has 3 rings (SSSR count). The molecule has 0 aliphatic carbocycles. The van der Waals surface area contributed by atoms with E-state index in [2.05, 4.69) is 10.3 Å². The fourth-order valence-electron chi connectivity index (χ4n) is 1.96. The van der Waals surface area contributed by atoms with Gasteiger partial charge < -0.3 is 10.1 Å². The van der Waals surface area contributed by atoms with Crippen molar-refractivity contribution in [2.75, 3.05) is 6.54 Å². The van der Waals surface area contributed by atoms with Gasteiger partial charge in [-0.3, -0.25) is 4.98 Å². The van der Waals surface area contributed by atoms with Crippen molar-refractivity contribution in [3.05, 3.63) is 42.1 Å². The van der Waals surface area contributed by atoms with Crippen LogP contribution in [0.4, 0.5) is 4.79 Å². The summed E-state index contributed by atoms with van der Waals surface area (Å²) in [6.07, 6.45) is 1.18. The van der Waals surface area contributed by atoms with Gasteiger partial charge in [0.15, 0.2) is 0 Å². The summed E-state index contributed by atoms with van der Waals surface area (Å²) in [4.78, 5) is 15.3. The average Bonchev–Trinajstić information content (AvgIpc) is 2.75. The third kappa shape index (κ3) is 1.39. The van der Waals surface area contributed by atoms with E-state index >= 15 is 0 Å². The molecule has 0 saturated carbocycles. The minimum absolute atomic E-state index is 0.208. The van der Waals surface area contributed by atoms with Crippen molar-refractivity contribution in [2.45, 2.75) is 6.10 Å². The van der Waals surface area contributed by atoms with Crippen LogP contribution < -0.4 is 5.32 Å². The van der Waals surface area contributed by atoms with Crippen molar-refractivity contribution in [1.29, 1.82) is 0 Å². The second-order valence-corrected chi connectivity index (χ2v) is 3.69. The number of nitrogens with zero attached hydrogens (tertiary/aromatic N) is 1. The van der Waals surface area contributed by atoms with Gasteiger partial charge in [-0.25, -0.2) is 4.79 Å². The molecular formula is C12H10N2O2. The number of carbonyl (C=O) groups is 1. The zero-order valence-corrected chi connectivity index (χ0v) is 8.51. The lowest BCUT2D eigenvalue weighted by Crippen LogP contribution is -2.12. The molecule has 1 aromatic carbocycles. The minimum Gasteiger partial charge on any atom is -0.439 e. The Morgan fingerprint density at radius 2 is 2.19 bits per heavy atom. The zero-order chi connectivity index (χ0) is 11.0. The summed E-state index contributed by atoms with van der Waals surface area (Å²) in [6, 6.07) is 9.73. The summed E-state index contributed by atoms with van der Waals surface area (Å²) in [5, 5.41) is 3.69. The lowest BCUT2D eigenvalue weighted by molar-refractivity contribution is 0.141. The number of cyclic esters (lactones) is 1. The van der Waals surface area contributed by atoms with Crippen molar-refractivity contribution >= 4 is 17.0 Å². The molecule has 1 amide bonds. The predicted molar refractivity (Wildman–Crippen MR) is 59.0 cm³/mol. The fraction of sp³-hybridized carbons (Fsp3) is 0.167. The number of para-hydroxylation sites is 1. The third-order valence-electron chi connectivity index (χ3n) is 2.71. The second kappa shape index (κ2) is 3.48. The normalized spacial score (nSPS) is 19.5. The Morgan fingerprint density at radius 3 is 3.00 bits per heavy atom. The highest BCUT2D eigenvalue weighted by Gasteiger charge is 2.25. The van der Waals surface area contributed by atoms with Crippen molar-refractivity contribution in [3.8, 4) is 0 Å². The van der Waals surface area contributed by atoms with Crippen molar-refractivity contribution < 1.29 is 9.53 Å². The number of fused-ring (bicyclic) bond motifs is 1. The Morgan fingerprint density at radius 1 is 1.31 bits per heavy atom. The van der Waals surface area contributed by atoms with Crippen LogP contribution in [0.5, 0.6) is 0 Å². The van der Waals surface area contributed by atoms with Gasteiger partial charge in [0.2, 0.25) is 0 Å². The van der Waals surface area contributed by atoms with E-state index in [9.17, 15) is 4.79 Å². The largest absolute Gasteiger partial charge is 0.439 e. The molecule has 2 heterocycles. The summed E-state index contributed by atoms with van der Waals surface area (Å²) in [7, 11) is 0. The molecule has 1 fully saturated rings. The number of pyridine rings is 1. The summed E-state index contributed by atoms with van der Waals surface area (Å²) in [6.45, 7) is 0.521. The van der Waals surface area contributed by atoms with Crippen LogP contribution in [0.25, 0.3) is 10.9 Å². The number of carbonyl (C=O) groups excluding carboxylic acids is 1. The van der Waals surface area contributed by atoms with Crippen LogP contribution in [-0.2, 0) is 4.74 Å². The summed E-state index contributed by atoms with van der Waals surface area (Å²) in [5.74, 6) is 0. The Kier molecular flexibility index (Phi) is 1.99. The number of aromatic nitrogens is 1. The number of rotatable bonds is 1. The number of ether oxygens (including phenoxy) is 1. The molecule has 80 valence electrons. The molecule has 2 aromatic rings. The van der Waals surface area contributed by atoms with E-state index in [0.717, 1.165) is 16.5 Å². The number of hydrogen-bond donors (Lipinski definition) is 1. The number of alkyl carbamates (subject to hydrolysis) is 1. The molecule has 1 saturated heterocycles. The van der Waals surface area contributed by atoms with Gasteiger partial charge in [-0.15, -0.1) is 0 Å². The van der Waals surface area contributed by atoms with E-state index in [1.807, 2.05) is 30.3 Å². The fourth-order valence-corrected chi connectivity index (χ4v) is 1.96. The maximum Gasteiger partial charge on any atom is 0.407 e. The van der Waals surface area contributed by atoms with E-state index in [-0.39, 0.29) is 12.2 Å². The summed E-state index contributed by atoms with van der Waals surface area (Å²) in [5.41, 5.74) is 1.92. The summed E-state index contributed by atoms with van der Waals surface area (Å²) < 4.78 is 5.18. The molecule has 1 atom stereocenters. The molecule has 1 N–H and O–H groups in total. The topological polar surface area (TPSA) is 51.2 Å². The van der Waals surface area contributed by atoms with Crippen LogP contribution >= 0.6 is 0 Å². The van der Waals surface area contributed by atoms with E-state index in [1.54, 1.807) is 6.20 Å². The first kappa shape index (κ1) is 9.15. The molecule has 1 unspecified atom stereocenters. The van der Waals surface area contributed by atoms with Gasteiger partial charge in [-0.05, 0) is 12.1 Å². The molecule has 4 nitrogen and oxygen atoms in total. The molecule has 16 heavy (non-hydrogen) atoms. The molecule has 1 aromatic heterocycles. The third-order valence-corrected chi connectivity index (χ3v) is 2.71. The quantitative estimate of drug-likeness (QED) is 0.790. The molecule has 1 aliphatic heterocycles.